The molecule has 0 bridgehead atoms. The Bertz CT molecular complexity index is 3030. The number of nitrogens with one attached hydrogen (secondary N) is 2. The summed E-state index contributed by atoms with van der Waals surface area (Å²) in [4.78, 5) is 79.1. The Labute approximate surface area is 410 Å². The van der Waals surface area contributed by atoms with Crippen molar-refractivity contribution in [2.24, 2.45) is 23.1 Å². The van der Waals surface area contributed by atoms with Crippen LogP contribution in [0.15, 0.2) is 54.6 Å². The molecule has 0 radical (unpaired) electrons. The van der Waals surface area contributed by atoms with E-state index >= 15 is 0 Å². The number of aromatic nitrogens is 8. The molecule has 2 saturated heterocycles. The molecule has 8 N–H and O–H groups in total. The van der Waals surface area contributed by atoms with E-state index in [9.17, 15) is 24.0 Å². The lowest BCUT2D eigenvalue weighted by atomic mass is 9.91. The molecular weight excluding hydrogens is 911 g/mol. The maximum absolute atomic E-state index is 13.9. The second kappa shape index (κ2) is 20.9. The van der Waals surface area contributed by atoms with Crippen LogP contribution in [-0.2, 0) is 35.7 Å². The van der Waals surface area contributed by atoms with Gasteiger partial charge in [-0.05, 0) is 88.9 Å². The minimum Gasteiger partial charge on any atom is -0.491 e. The van der Waals surface area contributed by atoms with Crippen molar-refractivity contribution in [1.82, 2.24) is 48.5 Å². The first-order chi connectivity index (χ1) is 34.0. The molecule has 0 saturated carbocycles. The highest BCUT2D eigenvalue weighted by atomic mass is 16.5. The Morgan fingerprint density at radius 3 is 2.00 bits per heavy atom. The lowest BCUT2D eigenvalue weighted by Gasteiger charge is -2.54. The number of carbonyl (C=O) groups is 5. The number of carbonyl (C=O) groups excluding carboxylic acids is 5. The van der Waals surface area contributed by atoms with Gasteiger partial charge in [0.25, 0.3) is 11.8 Å². The van der Waals surface area contributed by atoms with Crippen molar-refractivity contribution in [3.63, 3.8) is 0 Å². The van der Waals surface area contributed by atoms with Crippen molar-refractivity contribution in [3.05, 3.63) is 88.5 Å². The third kappa shape index (κ3) is 10.8. The van der Waals surface area contributed by atoms with Gasteiger partial charge in [0, 0.05) is 63.5 Å². The van der Waals surface area contributed by atoms with Crippen LogP contribution in [0.5, 0.6) is 5.75 Å². The smallest absolute Gasteiger partial charge is 0.276 e. The average molecular weight is 974 g/mol. The number of anilines is 2. The van der Waals surface area contributed by atoms with Crippen LogP contribution in [0.4, 0.5) is 11.9 Å². The maximum atomic E-state index is 13.9. The minimum absolute atomic E-state index is 0.0341. The van der Waals surface area contributed by atoms with E-state index in [2.05, 4.69) is 44.6 Å². The average Bonchev–Trinajstić information content (AvgIpc) is 4.09. The molecule has 1 spiro atoms. The molecule has 4 aromatic heterocycles. The Morgan fingerprint density at radius 2 is 1.39 bits per heavy atom. The van der Waals surface area contributed by atoms with Gasteiger partial charge < -0.3 is 40.7 Å². The van der Waals surface area contributed by atoms with E-state index in [-0.39, 0.29) is 48.6 Å². The number of hydrogen-bond donors (Lipinski definition) is 5. The Morgan fingerprint density at radius 1 is 0.803 bits per heavy atom. The number of nitrogens with two attached hydrogens (primary N) is 3. The fourth-order valence-corrected chi connectivity index (χ4v) is 9.41. The lowest BCUT2D eigenvalue weighted by Crippen LogP contribution is -2.71. The topological polar surface area (TPSA) is 284 Å². The van der Waals surface area contributed by atoms with Gasteiger partial charge in [-0.15, -0.1) is 0 Å². The van der Waals surface area contributed by atoms with Crippen LogP contribution in [0.3, 0.4) is 0 Å². The van der Waals surface area contributed by atoms with E-state index in [0.29, 0.717) is 122 Å². The maximum Gasteiger partial charge on any atom is 0.276 e. The molecular formula is C49H63N15O7. The molecule has 0 aliphatic carbocycles. The van der Waals surface area contributed by atoms with Crippen molar-refractivity contribution in [1.29, 1.82) is 0 Å². The summed E-state index contributed by atoms with van der Waals surface area (Å²) < 4.78 is 19.5. The number of benzene rings is 2. The Hall–Kier alpha value is -7.43. The third-order valence-corrected chi connectivity index (χ3v) is 12.7. The van der Waals surface area contributed by atoms with Gasteiger partial charge in [-0.3, -0.25) is 48.9 Å². The largest absolute Gasteiger partial charge is 0.491 e. The fraction of sp³-hybridized carbons (Fsp3) is 0.449. The monoisotopic (exact) mass is 974 g/mol. The number of ether oxygens (including phenoxy) is 2. The highest BCUT2D eigenvalue weighted by Gasteiger charge is 2.48. The standard InChI is InChI=1S/C49H63N15O7/c1-7-63-38(21-30(5)57-63)44(67)55-47-53-35-23-32(42(51)65)12-13-37(35)61(47)15-9-10-16-62-41-36(54-48(62)56-45(68)39-22-31(6)58-64(39)8-2)24-33(43(52)66)25-40(41)70-18-11-14-59-26-49(27-59)28-60(17-19-71-49)46(69)34(50)20-29(3)4/h9-10,12-13,21-25,29,34H,7-8,11,14-20,26-28,50H2,1-6H3,(H2,51,65)(H2,52,66)(H,53,55,67)(H,54,56,68)/b10-9+. The summed E-state index contributed by atoms with van der Waals surface area (Å²) in [5, 5.41) is 14.7. The summed E-state index contributed by atoms with van der Waals surface area (Å²) in [6, 6.07) is 10.9. The zero-order chi connectivity index (χ0) is 50.7. The molecule has 376 valence electrons. The molecule has 2 aliphatic heterocycles. The highest BCUT2D eigenvalue weighted by Crippen LogP contribution is 2.33. The molecule has 2 fully saturated rings. The number of primary amides is 2. The molecule has 1 atom stereocenters. The fourth-order valence-electron chi connectivity index (χ4n) is 9.41. The summed E-state index contributed by atoms with van der Waals surface area (Å²) in [5.74, 6) is -1.11. The number of likely N-dealkylation sites (tertiary alicyclic amines) is 1. The highest BCUT2D eigenvalue weighted by molar-refractivity contribution is 6.05. The van der Waals surface area contributed by atoms with Gasteiger partial charge in [0.15, 0.2) is 0 Å². The van der Waals surface area contributed by atoms with Gasteiger partial charge in [-0.2, -0.15) is 10.2 Å². The molecule has 6 heterocycles. The first-order valence-corrected chi connectivity index (χ1v) is 24.0. The number of morpholine rings is 1. The summed E-state index contributed by atoms with van der Waals surface area (Å²) in [6.07, 6.45) is 4.99. The number of aryl methyl sites for hydroxylation is 4. The van der Waals surface area contributed by atoms with Crippen molar-refractivity contribution >= 4 is 63.5 Å². The molecule has 22 nitrogen and oxygen atoms in total. The molecule has 22 heteroatoms. The first kappa shape index (κ1) is 50.0. The van der Waals surface area contributed by atoms with Crippen LogP contribution in [0, 0.1) is 19.8 Å². The number of nitrogens with zero attached hydrogens (tertiary/aromatic N) is 10. The first-order valence-electron chi connectivity index (χ1n) is 24.0. The second-order valence-corrected chi connectivity index (χ2v) is 18.7. The van der Waals surface area contributed by atoms with Gasteiger partial charge >= 0.3 is 0 Å². The van der Waals surface area contributed by atoms with E-state index in [1.807, 2.05) is 44.7 Å². The van der Waals surface area contributed by atoms with E-state index < -0.39 is 35.3 Å². The van der Waals surface area contributed by atoms with Gasteiger partial charge in [0.1, 0.15) is 28.3 Å². The van der Waals surface area contributed by atoms with Gasteiger partial charge in [0.2, 0.25) is 29.6 Å². The van der Waals surface area contributed by atoms with Crippen LogP contribution in [0.1, 0.15) is 93.6 Å². The molecule has 8 rings (SSSR count). The van der Waals surface area contributed by atoms with Crippen molar-refractivity contribution < 1.29 is 33.4 Å². The van der Waals surface area contributed by atoms with Gasteiger partial charge in [0.05, 0.1) is 53.7 Å². The summed E-state index contributed by atoms with van der Waals surface area (Å²) in [5.41, 5.74) is 21.7. The molecule has 5 amide bonds. The van der Waals surface area contributed by atoms with Crippen molar-refractivity contribution in [2.75, 3.05) is 56.6 Å². The van der Waals surface area contributed by atoms with Crippen LogP contribution >= 0.6 is 0 Å². The zero-order valence-corrected chi connectivity index (χ0v) is 41.1. The third-order valence-electron chi connectivity index (χ3n) is 12.7. The van der Waals surface area contributed by atoms with E-state index in [1.165, 1.54) is 0 Å². The van der Waals surface area contributed by atoms with E-state index in [4.69, 9.17) is 31.7 Å². The number of hydrogen-bond acceptors (Lipinski definition) is 13. The number of allylic oxidation sites excluding steroid dienone is 2. The van der Waals surface area contributed by atoms with E-state index in [0.717, 1.165) is 0 Å². The molecule has 1 unspecified atom stereocenters. The number of fused-ring (bicyclic) bond motifs is 2. The lowest BCUT2D eigenvalue weighted by molar-refractivity contribution is -0.189. The number of amides is 5. The SMILES string of the molecule is CCn1nc(C)cc1C(=O)Nc1nc2cc(C(N)=O)ccc2n1C/C=C/Cn1c(NC(=O)c2cc(C)nn2CC)nc2cc(C(N)=O)cc(OCCCN3CC4(C3)CN(C(=O)C(N)CC(C)C)CCO4)c21. The Balaban J connectivity index is 1.04. The predicted octanol–water partition coefficient (Wildman–Crippen LogP) is 3.45. The molecule has 2 aromatic carbocycles. The molecule has 71 heavy (non-hydrogen) atoms. The zero-order valence-electron chi connectivity index (χ0n) is 41.1. The van der Waals surface area contributed by atoms with Crippen molar-refractivity contribution in [2.45, 2.75) is 92.2 Å². The van der Waals surface area contributed by atoms with Crippen LogP contribution in [0.2, 0.25) is 0 Å². The summed E-state index contributed by atoms with van der Waals surface area (Å²) in [7, 11) is 0. The summed E-state index contributed by atoms with van der Waals surface area (Å²) in [6.45, 7) is 16.6. The predicted molar refractivity (Wildman–Crippen MR) is 266 cm³/mol. The minimum atomic E-state index is -0.678. The van der Waals surface area contributed by atoms with Crippen LogP contribution in [-0.4, -0.2) is 136 Å². The molecule has 2 aliphatic rings. The van der Waals surface area contributed by atoms with Crippen molar-refractivity contribution in [3.8, 4) is 5.75 Å². The number of imidazole rings is 2. The second-order valence-electron chi connectivity index (χ2n) is 18.7. The van der Waals surface area contributed by atoms with E-state index in [1.54, 1.807) is 61.0 Å². The normalized spacial score (nSPS) is 15.2. The van der Waals surface area contributed by atoms with Gasteiger partial charge in [-0.1, -0.05) is 26.0 Å². The quantitative estimate of drug-likeness (QED) is 0.0542. The molecule has 6 aromatic rings. The summed E-state index contributed by atoms with van der Waals surface area (Å²) >= 11 is 0. The Kier molecular flexibility index (Phi) is 14.7. The van der Waals surface area contributed by atoms with Crippen LogP contribution in [0.25, 0.3) is 22.1 Å². The van der Waals surface area contributed by atoms with Gasteiger partial charge in [-0.25, -0.2) is 9.97 Å². The number of rotatable bonds is 20. The van der Waals surface area contributed by atoms with Crippen LogP contribution < -0.4 is 32.6 Å².